The number of benzene rings is 1. The lowest BCUT2D eigenvalue weighted by molar-refractivity contribution is 0.627. The molecule has 2 N–H and O–H groups in total. The predicted molar refractivity (Wildman–Crippen MR) is 97.9 cm³/mol. The number of halogens is 1. The first-order valence-corrected chi connectivity index (χ1v) is 8.81. The van der Waals surface area contributed by atoms with Gasteiger partial charge in [-0.05, 0) is 44.2 Å². The Balaban J connectivity index is 1.54. The summed E-state index contributed by atoms with van der Waals surface area (Å²) in [4.78, 5) is 8.89. The molecular weight excluding hydrogens is 331 g/mol. The number of fused-ring (bicyclic) bond motifs is 1. The molecule has 7 heteroatoms. The van der Waals surface area contributed by atoms with E-state index in [4.69, 9.17) is 0 Å². The van der Waals surface area contributed by atoms with E-state index in [0.717, 1.165) is 48.7 Å². The van der Waals surface area contributed by atoms with E-state index in [9.17, 15) is 4.39 Å². The highest BCUT2D eigenvalue weighted by Crippen LogP contribution is 2.24. The second-order valence-electron chi connectivity index (χ2n) is 6.46. The van der Waals surface area contributed by atoms with Gasteiger partial charge < -0.3 is 10.6 Å². The molecule has 134 valence electrons. The fraction of sp³-hybridized carbons (Fsp3) is 0.316. The summed E-state index contributed by atoms with van der Waals surface area (Å²) >= 11 is 0. The Morgan fingerprint density at radius 2 is 1.96 bits per heavy atom. The maximum Gasteiger partial charge on any atom is 0.133 e. The second-order valence-corrected chi connectivity index (χ2v) is 6.46. The second kappa shape index (κ2) is 7.21. The third-order valence-electron chi connectivity index (χ3n) is 4.67. The van der Waals surface area contributed by atoms with E-state index in [1.54, 1.807) is 23.1 Å². The molecule has 0 fully saturated rings. The van der Waals surface area contributed by atoms with Crippen molar-refractivity contribution in [3.8, 4) is 5.69 Å². The van der Waals surface area contributed by atoms with Crippen molar-refractivity contribution >= 4 is 5.82 Å². The van der Waals surface area contributed by atoms with Crippen LogP contribution >= 0.6 is 0 Å². The molecule has 1 aliphatic rings. The van der Waals surface area contributed by atoms with Crippen LogP contribution in [0.4, 0.5) is 10.2 Å². The normalized spacial score (nSPS) is 15.2. The summed E-state index contributed by atoms with van der Waals surface area (Å²) in [5.41, 5.74) is 4.16. The van der Waals surface area contributed by atoms with Crippen LogP contribution in [0.25, 0.3) is 5.69 Å². The van der Waals surface area contributed by atoms with Crippen LogP contribution in [0.2, 0.25) is 0 Å². The maximum absolute atomic E-state index is 13.1. The first-order valence-electron chi connectivity index (χ1n) is 8.81. The number of rotatable bonds is 4. The Hall–Kier alpha value is -2.80. The van der Waals surface area contributed by atoms with Crippen LogP contribution in [0.5, 0.6) is 0 Å². The topological polar surface area (TPSA) is 67.7 Å². The Morgan fingerprint density at radius 3 is 2.81 bits per heavy atom. The lowest BCUT2D eigenvalue weighted by atomic mass is 10.1. The highest BCUT2D eigenvalue weighted by atomic mass is 19.1. The van der Waals surface area contributed by atoms with Crippen molar-refractivity contribution < 1.29 is 4.39 Å². The van der Waals surface area contributed by atoms with E-state index in [1.807, 2.05) is 12.4 Å². The molecule has 6 nitrogen and oxygen atoms in total. The van der Waals surface area contributed by atoms with Crippen LogP contribution in [0.3, 0.4) is 0 Å². The lowest BCUT2D eigenvalue weighted by Gasteiger charge is -2.16. The molecule has 0 aliphatic carbocycles. The zero-order valence-corrected chi connectivity index (χ0v) is 14.6. The van der Waals surface area contributed by atoms with Gasteiger partial charge in [0.15, 0.2) is 0 Å². The molecule has 1 atom stereocenters. The summed E-state index contributed by atoms with van der Waals surface area (Å²) in [6, 6.07) is 6.33. The van der Waals surface area contributed by atoms with Gasteiger partial charge >= 0.3 is 0 Å². The molecule has 3 heterocycles. The van der Waals surface area contributed by atoms with E-state index < -0.39 is 0 Å². The molecular formula is C19H21FN6. The van der Waals surface area contributed by atoms with Gasteiger partial charge in [0.1, 0.15) is 18.0 Å². The molecule has 26 heavy (non-hydrogen) atoms. The van der Waals surface area contributed by atoms with Gasteiger partial charge in [0.25, 0.3) is 0 Å². The minimum Gasteiger partial charge on any atom is -0.363 e. The Morgan fingerprint density at radius 1 is 1.15 bits per heavy atom. The van der Waals surface area contributed by atoms with Gasteiger partial charge in [0.2, 0.25) is 0 Å². The smallest absolute Gasteiger partial charge is 0.133 e. The minimum atomic E-state index is -0.255. The summed E-state index contributed by atoms with van der Waals surface area (Å²) in [5, 5.41) is 11.3. The van der Waals surface area contributed by atoms with Gasteiger partial charge in [0.05, 0.1) is 23.6 Å². The Kier molecular flexibility index (Phi) is 4.62. The van der Waals surface area contributed by atoms with Crippen molar-refractivity contribution in [1.82, 2.24) is 25.1 Å². The van der Waals surface area contributed by atoms with Gasteiger partial charge in [-0.1, -0.05) is 0 Å². The maximum atomic E-state index is 13.1. The molecule has 0 unspecified atom stereocenters. The van der Waals surface area contributed by atoms with Crippen LogP contribution in [0.15, 0.2) is 43.0 Å². The number of anilines is 1. The number of aromatic nitrogens is 4. The fourth-order valence-corrected chi connectivity index (χ4v) is 3.18. The van der Waals surface area contributed by atoms with Crippen molar-refractivity contribution in [2.45, 2.75) is 25.8 Å². The Labute approximate surface area is 151 Å². The van der Waals surface area contributed by atoms with Gasteiger partial charge in [-0.3, -0.25) is 0 Å². The first kappa shape index (κ1) is 16.7. The molecule has 3 aromatic rings. The number of hydrogen-bond acceptors (Lipinski definition) is 5. The van der Waals surface area contributed by atoms with E-state index in [-0.39, 0.29) is 11.9 Å². The van der Waals surface area contributed by atoms with Crippen LogP contribution in [-0.2, 0) is 12.8 Å². The highest BCUT2D eigenvalue weighted by Gasteiger charge is 2.17. The molecule has 0 saturated carbocycles. The van der Waals surface area contributed by atoms with E-state index in [0.29, 0.717) is 0 Å². The average molecular weight is 352 g/mol. The fourth-order valence-electron chi connectivity index (χ4n) is 3.18. The van der Waals surface area contributed by atoms with Crippen molar-refractivity contribution in [2.75, 3.05) is 18.4 Å². The molecule has 0 spiro atoms. The van der Waals surface area contributed by atoms with E-state index >= 15 is 0 Å². The number of nitrogens with zero attached hydrogens (tertiary/aromatic N) is 4. The zero-order valence-electron chi connectivity index (χ0n) is 14.6. The third kappa shape index (κ3) is 3.43. The molecule has 2 aromatic heterocycles. The quantitative estimate of drug-likeness (QED) is 0.756. The van der Waals surface area contributed by atoms with Gasteiger partial charge in [-0.2, -0.15) is 5.10 Å². The molecule has 4 rings (SSSR count). The highest BCUT2D eigenvalue weighted by molar-refractivity contribution is 5.48. The number of hydrogen-bond donors (Lipinski definition) is 2. The van der Waals surface area contributed by atoms with Crippen LogP contribution < -0.4 is 10.6 Å². The summed E-state index contributed by atoms with van der Waals surface area (Å²) in [6.45, 7) is 3.96. The summed E-state index contributed by atoms with van der Waals surface area (Å²) in [7, 11) is 0. The summed E-state index contributed by atoms with van der Waals surface area (Å²) < 4.78 is 14.8. The molecule has 0 saturated heterocycles. The predicted octanol–water partition coefficient (Wildman–Crippen LogP) is 2.66. The van der Waals surface area contributed by atoms with Crippen molar-refractivity contribution in [2.24, 2.45) is 0 Å². The number of nitrogens with one attached hydrogen (secondary N) is 2. The first-order chi connectivity index (χ1) is 12.7. The minimum absolute atomic E-state index is 0.0411. The van der Waals surface area contributed by atoms with Gasteiger partial charge in [-0.15, -0.1) is 0 Å². The SMILES string of the molecule is C[C@H](Nc1ncnc2c1CCNCC2)c1cnn(-c2ccc(F)cc2)c1. The van der Waals surface area contributed by atoms with Crippen molar-refractivity contribution in [1.29, 1.82) is 0 Å². The largest absolute Gasteiger partial charge is 0.363 e. The average Bonchev–Trinajstić information content (AvgIpc) is 3.01. The monoisotopic (exact) mass is 352 g/mol. The molecule has 1 aliphatic heterocycles. The lowest BCUT2D eigenvalue weighted by Crippen LogP contribution is -2.16. The third-order valence-corrected chi connectivity index (χ3v) is 4.67. The van der Waals surface area contributed by atoms with E-state index in [2.05, 4.69) is 32.6 Å². The van der Waals surface area contributed by atoms with E-state index in [1.165, 1.54) is 17.7 Å². The zero-order chi connectivity index (χ0) is 17.9. The standard InChI is InChI=1S/C19H21FN6/c1-13(14-10-24-26(11-14)16-4-2-15(20)3-5-16)25-19-17-6-8-21-9-7-18(17)22-12-23-19/h2-5,10-13,21H,6-9H2,1H3,(H,22,23,25)/t13-/m0/s1. The van der Waals surface area contributed by atoms with Crippen LogP contribution in [-0.4, -0.2) is 32.8 Å². The molecule has 0 radical (unpaired) electrons. The molecule has 1 aromatic carbocycles. The molecule has 0 bridgehead atoms. The summed E-state index contributed by atoms with van der Waals surface area (Å²) in [6.07, 6.45) is 7.24. The van der Waals surface area contributed by atoms with Gasteiger partial charge in [-0.25, -0.2) is 19.0 Å². The molecule has 0 amide bonds. The van der Waals surface area contributed by atoms with Gasteiger partial charge in [0, 0.05) is 30.3 Å². The Bertz CT molecular complexity index is 889. The van der Waals surface area contributed by atoms with Crippen molar-refractivity contribution in [3.05, 3.63) is 65.6 Å². The van der Waals surface area contributed by atoms with Crippen LogP contribution in [0, 0.1) is 5.82 Å². The van der Waals surface area contributed by atoms with Crippen molar-refractivity contribution in [3.63, 3.8) is 0 Å². The van der Waals surface area contributed by atoms with Crippen LogP contribution in [0.1, 0.15) is 29.8 Å². The summed E-state index contributed by atoms with van der Waals surface area (Å²) in [5.74, 6) is 0.635.